The van der Waals surface area contributed by atoms with Crippen molar-refractivity contribution in [3.8, 4) is 17.6 Å². The number of carbonyl (C=O) groups is 1. The second kappa shape index (κ2) is 7.97. The highest BCUT2D eigenvalue weighted by molar-refractivity contribution is 6.06. The second-order valence-corrected chi connectivity index (χ2v) is 5.60. The van der Waals surface area contributed by atoms with Crippen LogP contribution in [0.5, 0.6) is 11.5 Å². The number of anilines is 1. The molecule has 1 amide bonds. The van der Waals surface area contributed by atoms with Crippen molar-refractivity contribution in [3.05, 3.63) is 87.8 Å². The van der Waals surface area contributed by atoms with Gasteiger partial charge in [0.05, 0.1) is 17.2 Å². The molecule has 1 aromatic heterocycles. The van der Waals surface area contributed by atoms with Crippen LogP contribution < -0.4 is 15.6 Å². The van der Waals surface area contributed by atoms with Crippen molar-refractivity contribution in [2.24, 2.45) is 0 Å². The molecule has 3 aromatic rings. The van der Waals surface area contributed by atoms with Crippen LogP contribution in [0.25, 0.3) is 0 Å². The Morgan fingerprint density at radius 2 is 1.93 bits per heavy atom. The fourth-order valence-electron chi connectivity index (χ4n) is 2.37. The Balaban J connectivity index is 1.91. The van der Waals surface area contributed by atoms with Crippen molar-refractivity contribution in [3.63, 3.8) is 0 Å². The number of carbonyl (C=O) groups excluding carboxylic acids is 1. The summed E-state index contributed by atoms with van der Waals surface area (Å²) in [6, 6.07) is 15.5. The molecular formula is C20H14FN3O3. The molecule has 0 bridgehead atoms. The zero-order valence-corrected chi connectivity index (χ0v) is 14.0. The van der Waals surface area contributed by atoms with Crippen LogP contribution in [0.2, 0.25) is 0 Å². The van der Waals surface area contributed by atoms with E-state index in [4.69, 9.17) is 10.00 Å². The van der Waals surface area contributed by atoms with Gasteiger partial charge in [0.2, 0.25) is 5.56 Å². The first-order valence-corrected chi connectivity index (χ1v) is 7.96. The van der Waals surface area contributed by atoms with E-state index >= 15 is 0 Å². The predicted octanol–water partition coefficient (Wildman–Crippen LogP) is 3.76. The Bertz CT molecular complexity index is 1070. The summed E-state index contributed by atoms with van der Waals surface area (Å²) in [5.74, 6) is 0.103. The maximum Gasteiger partial charge on any atom is 0.259 e. The van der Waals surface area contributed by atoms with Gasteiger partial charge in [-0.25, -0.2) is 4.39 Å². The van der Waals surface area contributed by atoms with Crippen LogP contribution in [-0.2, 0) is 6.67 Å². The van der Waals surface area contributed by atoms with Crippen LogP contribution in [-0.4, -0.2) is 10.9 Å². The van der Waals surface area contributed by atoms with Gasteiger partial charge < -0.3 is 15.0 Å². The number of amides is 1. The van der Waals surface area contributed by atoms with Gasteiger partial charge in [0.25, 0.3) is 5.91 Å². The molecule has 0 aliphatic heterocycles. The number of hydrogen-bond acceptors (Lipinski definition) is 4. The maximum absolute atomic E-state index is 13.0. The molecule has 0 saturated carbocycles. The summed E-state index contributed by atoms with van der Waals surface area (Å²) in [4.78, 5) is 26.5. The van der Waals surface area contributed by atoms with E-state index < -0.39 is 12.6 Å². The van der Waals surface area contributed by atoms with Gasteiger partial charge in [0.15, 0.2) is 0 Å². The van der Waals surface area contributed by atoms with Crippen LogP contribution in [0.15, 0.2) is 65.6 Å². The molecule has 134 valence electrons. The minimum Gasteiger partial charge on any atom is -0.457 e. The summed E-state index contributed by atoms with van der Waals surface area (Å²) in [5, 5.41) is 11.4. The highest BCUT2D eigenvalue weighted by atomic mass is 19.1. The number of pyridine rings is 1. The number of ether oxygens (including phenoxy) is 1. The Morgan fingerprint density at radius 1 is 1.15 bits per heavy atom. The van der Waals surface area contributed by atoms with Gasteiger partial charge in [-0.3, -0.25) is 9.59 Å². The van der Waals surface area contributed by atoms with Gasteiger partial charge in [-0.1, -0.05) is 6.07 Å². The van der Waals surface area contributed by atoms with Crippen LogP contribution in [0.1, 0.15) is 21.5 Å². The number of halogens is 1. The molecular weight excluding hydrogens is 349 g/mol. The predicted molar refractivity (Wildman–Crippen MR) is 97.5 cm³/mol. The number of nitrogens with one attached hydrogen (secondary N) is 2. The molecule has 0 aliphatic carbocycles. The van der Waals surface area contributed by atoms with Gasteiger partial charge >= 0.3 is 0 Å². The summed E-state index contributed by atoms with van der Waals surface area (Å²) in [6.07, 6.45) is 1.41. The lowest BCUT2D eigenvalue weighted by atomic mass is 10.1. The third kappa shape index (κ3) is 4.38. The van der Waals surface area contributed by atoms with E-state index in [9.17, 15) is 14.0 Å². The molecule has 1 heterocycles. The van der Waals surface area contributed by atoms with E-state index in [1.807, 2.05) is 6.07 Å². The number of hydrogen-bond donors (Lipinski definition) is 2. The summed E-state index contributed by atoms with van der Waals surface area (Å²) in [5.41, 5.74) is 0.855. The monoisotopic (exact) mass is 363 g/mol. The molecule has 0 saturated heterocycles. The lowest BCUT2D eigenvalue weighted by Gasteiger charge is -2.12. The number of alkyl halides is 1. The van der Waals surface area contributed by atoms with Crippen molar-refractivity contribution < 1.29 is 13.9 Å². The van der Waals surface area contributed by atoms with Crippen molar-refractivity contribution in [2.45, 2.75) is 6.67 Å². The van der Waals surface area contributed by atoms with E-state index in [-0.39, 0.29) is 16.9 Å². The Kier molecular flexibility index (Phi) is 5.28. The highest BCUT2D eigenvalue weighted by Crippen LogP contribution is 2.27. The summed E-state index contributed by atoms with van der Waals surface area (Å²) in [6.45, 7) is -0.734. The SMILES string of the molecule is N#Cc1ccc(Oc2ccc(CF)cc2C(=O)Nc2cc[nH]c(=O)c2)cc1. The first-order valence-electron chi connectivity index (χ1n) is 7.96. The zero-order chi connectivity index (χ0) is 19.2. The van der Waals surface area contributed by atoms with Crippen molar-refractivity contribution in [1.29, 1.82) is 5.26 Å². The van der Waals surface area contributed by atoms with Crippen LogP contribution >= 0.6 is 0 Å². The largest absolute Gasteiger partial charge is 0.457 e. The fraction of sp³-hybridized carbons (Fsp3) is 0.0500. The Hall–Kier alpha value is -3.92. The second-order valence-electron chi connectivity index (χ2n) is 5.60. The Labute approximate surface area is 153 Å². The van der Waals surface area contributed by atoms with Crippen molar-refractivity contribution >= 4 is 11.6 Å². The van der Waals surface area contributed by atoms with Gasteiger partial charge in [0.1, 0.15) is 18.2 Å². The van der Waals surface area contributed by atoms with E-state index in [0.717, 1.165) is 0 Å². The number of H-pyrrole nitrogens is 1. The molecule has 27 heavy (non-hydrogen) atoms. The molecule has 3 rings (SSSR count). The number of aromatic amines is 1. The van der Waals surface area contributed by atoms with Crippen molar-refractivity contribution in [1.82, 2.24) is 4.98 Å². The normalized spacial score (nSPS) is 10.1. The van der Waals surface area contributed by atoms with Crippen LogP contribution in [0.4, 0.5) is 10.1 Å². The number of benzene rings is 2. The minimum absolute atomic E-state index is 0.120. The average Bonchev–Trinajstić information content (AvgIpc) is 2.69. The minimum atomic E-state index is -0.734. The molecule has 2 N–H and O–H groups in total. The zero-order valence-electron chi connectivity index (χ0n) is 14.0. The lowest BCUT2D eigenvalue weighted by molar-refractivity contribution is 0.102. The molecule has 2 aromatic carbocycles. The third-order valence-corrected chi connectivity index (χ3v) is 3.69. The van der Waals surface area contributed by atoms with E-state index in [1.165, 1.54) is 36.5 Å². The first-order chi connectivity index (χ1) is 13.1. The lowest BCUT2D eigenvalue weighted by Crippen LogP contribution is -2.15. The fourth-order valence-corrected chi connectivity index (χ4v) is 2.37. The number of rotatable bonds is 5. The van der Waals surface area contributed by atoms with E-state index in [0.29, 0.717) is 22.6 Å². The molecule has 6 nitrogen and oxygen atoms in total. The molecule has 0 fully saturated rings. The van der Waals surface area contributed by atoms with Crippen LogP contribution in [0, 0.1) is 11.3 Å². The van der Waals surface area contributed by atoms with E-state index in [1.54, 1.807) is 24.3 Å². The van der Waals surface area contributed by atoms with Gasteiger partial charge in [-0.05, 0) is 48.0 Å². The van der Waals surface area contributed by atoms with Gasteiger partial charge in [-0.15, -0.1) is 0 Å². The van der Waals surface area contributed by atoms with Gasteiger partial charge in [0, 0.05) is 18.0 Å². The smallest absolute Gasteiger partial charge is 0.259 e. The summed E-state index contributed by atoms with van der Waals surface area (Å²) in [7, 11) is 0. The Morgan fingerprint density at radius 3 is 2.59 bits per heavy atom. The third-order valence-electron chi connectivity index (χ3n) is 3.69. The highest BCUT2D eigenvalue weighted by Gasteiger charge is 2.15. The standard InChI is InChI=1S/C20H14FN3O3/c21-11-14-3-6-18(27-16-4-1-13(12-22)2-5-16)17(9-14)20(26)24-15-7-8-23-19(25)10-15/h1-10H,11H2,(H2,23,24,25,26). The summed E-state index contributed by atoms with van der Waals surface area (Å²) < 4.78 is 18.8. The van der Waals surface area contributed by atoms with Gasteiger partial charge in [-0.2, -0.15) is 5.26 Å². The topological polar surface area (TPSA) is 95.0 Å². The molecule has 0 unspecified atom stereocenters. The number of nitriles is 1. The van der Waals surface area contributed by atoms with Crippen LogP contribution in [0.3, 0.4) is 0 Å². The van der Waals surface area contributed by atoms with E-state index in [2.05, 4.69) is 10.3 Å². The molecule has 7 heteroatoms. The maximum atomic E-state index is 13.0. The quantitative estimate of drug-likeness (QED) is 0.721. The summed E-state index contributed by atoms with van der Waals surface area (Å²) >= 11 is 0. The molecule has 0 aliphatic rings. The average molecular weight is 363 g/mol. The molecule has 0 atom stereocenters. The molecule has 0 radical (unpaired) electrons. The number of aromatic nitrogens is 1. The number of nitrogens with zero attached hydrogens (tertiary/aromatic N) is 1. The molecule has 0 spiro atoms. The van der Waals surface area contributed by atoms with Crippen molar-refractivity contribution in [2.75, 3.05) is 5.32 Å². The first kappa shape index (κ1) is 17.9.